The first-order valence-electron chi connectivity index (χ1n) is 11.3. The summed E-state index contributed by atoms with van der Waals surface area (Å²) >= 11 is 0. The van der Waals surface area contributed by atoms with Crippen LogP contribution in [0.15, 0.2) is 22.7 Å². The van der Waals surface area contributed by atoms with Gasteiger partial charge in [0.05, 0.1) is 38.5 Å². The number of nitrogens with zero attached hydrogens (tertiary/aromatic N) is 4. The molecule has 12 nitrogen and oxygen atoms in total. The molecule has 1 aromatic carbocycles. The van der Waals surface area contributed by atoms with E-state index in [1.165, 1.54) is 11.8 Å². The van der Waals surface area contributed by atoms with Gasteiger partial charge in [-0.3, -0.25) is 14.5 Å². The van der Waals surface area contributed by atoms with Gasteiger partial charge in [-0.25, -0.2) is 23.4 Å². The van der Waals surface area contributed by atoms with E-state index in [0.29, 0.717) is 11.5 Å². The fourth-order valence-corrected chi connectivity index (χ4v) is 3.89. The second-order valence-electron chi connectivity index (χ2n) is 8.32. The van der Waals surface area contributed by atoms with Crippen LogP contribution in [0.2, 0.25) is 0 Å². The Balaban J connectivity index is 1.38. The molecule has 0 spiro atoms. The van der Waals surface area contributed by atoms with Crippen LogP contribution in [-0.2, 0) is 20.9 Å². The minimum atomic E-state index is -0.873. The number of urea groups is 1. The number of carbonyl (C=O) groups is 3. The van der Waals surface area contributed by atoms with E-state index < -0.39 is 29.9 Å². The molecule has 0 bridgehead atoms. The van der Waals surface area contributed by atoms with Gasteiger partial charge in [-0.1, -0.05) is 5.16 Å². The molecule has 2 aromatic rings. The number of anilines is 2. The topological polar surface area (TPSA) is 129 Å². The van der Waals surface area contributed by atoms with Crippen LogP contribution in [0, 0.1) is 18.6 Å². The van der Waals surface area contributed by atoms with Crippen LogP contribution in [0.1, 0.15) is 18.4 Å². The van der Waals surface area contributed by atoms with Crippen molar-refractivity contribution in [1.29, 1.82) is 0 Å². The van der Waals surface area contributed by atoms with E-state index >= 15 is 8.78 Å². The first-order valence-corrected chi connectivity index (χ1v) is 11.3. The number of rotatable bonds is 6. The van der Waals surface area contributed by atoms with Crippen LogP contribution >= 0.6 is 0 Å². The van der Waals surface area contributed by atoms with Gasteiger partial charge in [-0.15, -0.1) is 0 Å². The second kappa shape index (κ2) is 10.8. The molecule has 2 aliphatic rings. The summed E-state index contributed by atoms with van der Waals surface area (Å²) in [6.45, 7) is 3.62. The maximum atomic E-state index is 15.1. The van der Waals surface area contributed by atoms with Crippen LogP contribution in [-0.4, -0.2) is 73.7 Å². The number of benzene rings is 1. The fraction of sp³-hybridized carbons (Fsp3) is 0.455. The first kappa shape index (κ1) is 25.2. The molecule has 2 fully saturated rings. The number of hydrogen-bond acceptors (Lipinski definition) is 8. The lowest BCUT2D eigenvalue weighted by Crippen LogP contribution is -2.41. The fourth-order valence-electron chi connectivity index (χ4n) is 3.89. The average Bonchev–Trinajstić information content (AvgIpc) is 3.32. The van der Waals surface area contributed by atoms with E-state index in [0.717, 1.165) is 22.1 Å². The molecule has 0 radical (unpaired) electrons. The highest BCUT2D eigenvalue weighted by Gasteiger charge is 2.34. The number of hydroxylamine groups is 2. The summed E-state index contributed by atoms with van der Waals surface area (Å²) in [5.41, 5.74) is 0.258. The lowest BCUT2D eigenvalue weighted by atomic mass is 10.2. The Morgan fingerprint density at radius 3 is 2.56 bits per heavy atom. The molecule has 36 heavy (non-hydrogen) atoms. The van der Waals surface area contributed by atoms with Crippen LogP contribution in [0.3, 0.4) is 0 Å². The molecule has 1 atom stereocenters. The lowest BCUT2D eigenvalue weighted by molar-refractivity contribution is -0.119. The highest BCUT2D eigenvalue weighted by molar-refractivity contribution is 5.90. The Kier molecular flexibility index (Phi) is 7.52. The zero-order valence-corrected chi connectivity index (χ0v) is 19.8. The molecular formula is C22H26F2N6O6. The second-order valence-corrected chi connectivity index (χ2v) is 8.32. The van der Waals surface area contributed by atoms with Gasteiger partial charge < -0.3 is 24.8 Å². The van der Waals surface area contributed by atoms with E-state index in [1.54, 1.807) is 13.0 Å². The summed E-state index contributed by atoms with van der Waals surface area (Å²) in [4.78, 5) is 43.7. The Labute approximate surface area is 205 Å². The molecule has 4 amide bonds. The lowest BCUT2D eigenvalue weighted by Gasteiger charge is -2.24. The summed E-state index contributed by atoms with van der Waals surface area (Å²) < 4.78 is 40.2. The minimum absolute atomic E-state index is 0.000700. The number of ether oxygens (including phenoxy) is 1. The van der Waals surface area contributed by atoms with Gasteiger partial charge in [0.2, 0.25) is 5.91 Å². The predicted molar refractivity (Wildman–Crippen MR) is 121 cm³/mol. The number of nitrogens with one attached hydrogen (secondary N) is 2. The van der Waals surface area contributed by atoms with Gasteiger partial charge in [0.15, 0.2) is 11.6 Å². The number of halogens is 2. The summed E-state index contributed by atoms with van der Waals surface area (Å²) in [6, 6.07) is 3.27. The third-order valence-corrected chi connectivity index (χ3v) is 5.59. The number of carbonyl (C=O) groups excluding carboxylic acids is 3. The van der Waals surface area contributed by atoms with E-state index in [-0.39, 0.29) is 63.2 Å². The number of cyclic esters (lactones) is 1. The number of amides is 4. The SMILES string of the molecule is CC(=O)NC[C@H]1CN(c2cc(F)c(N3CCON(C(=O)NCc4cc(C)on4)CC3)c(F)c2)C(=O)O1. The smallest absolute Gasteiger partial charge is 0.414 e. The third-order valence-electron chi connectivity index (χ3n) is 5.59. The molecule has 0 aliphatic carbocycles. The van der Waals surface area contributed by atoms with Gasteiger partial charge in [0.25, 0.3) is 0 Å². The Hall–Kier alpha value is -3.94. The normalized spacial score (nSPS) is 18.2. The predicted octanol–water partition coefficient (Wildman–Crippen LogP) is 1.69. The quantitative estimate of drug-likeness (QED) is 0.603. The van der Waals surface area contributed by atoms with Crippen molar-refractivity contribution in [3.63, 3.8) is 0 Å². The Morgan fingerprint density at radius 1 is 1.14 bits per heavy atom. The van der Waals surface area contributed by atoms with Gasteiger partial charge in [0, 0.05) is 38.2 Å². The molecular weight excluding hydrogens is 482 g/mol. The van der Waals surface area contributed by atoms with Gasteiger partial charge >= 0.3 is 12.1 Å². The summed E-state index contributed by atoms with van der Waals surface area (Å²) in [7, 11) is 0. The molecule has 1 aromatic heterocycles. The number of aromatic nitrogens is 1. The van der Waals surface area contributed by atoms with Crippen molar-refractivity contribution in [2.45, 2.75) is 26.5 Å². The van der Waals surface area contributed by atoms with Gasteiger partial charge in [-0.05, 0) is 6.92 Å². The average molecular weight is 508 g/mol. The van der Waals surface area contributed by atoms with Crippen molar-refractivity contribution in [2.24, 2.45) is 0 Å². The third kappa shape index (κ3) is 5.82. The maximum Gasteiger partial charge on any atom is 0.414 e. The van der Waals surface area contributed by atoms with E-state index in [4.69, 9.17) is 14.1 Å². The Bertz CT molecular complexity index is 1120. The summed E-state index contributed by atoms with van der Waals surface area (Å²) in [6.07, 6.45) is -1.40. The van der Waals surface area contributed by atoms with Crippen molar-refractivity contribution >= 4 is 29.4 Å². The first-order chi connectivity index (χ1) is 17.2. The van der Waals surface area contributed by atoms with Crippen molar-refractivity contribution in [3.8, 4) is 0 Å². The van der Waals surface area contributed by atoms with E-state index in [1.807, 2.05) is 0 Å². The highest BCUT2D eigenvalue weighted by Crippen LogP contribution is 2.31. The summed E-state index contributed by atoms with van der Waals surface area (Å²) in [5.74, 6) is -1.42. The van der Waals surface area contributed by atoms with Crippen molar-refractivity contribution in [2.75, 3.05) is 49.1 Å². The van der Waals surface area contributed by atoms with Crippen molar-refractivity contribution in [1.82, 2.24) is 20.9 Å². The molecule has 2 aliphatic heterocycles. The molecule has 3 heterocycles. The van der Waals surface area contributed by atoms with Gasteiger partial charge in [0.1, 0.15) is 23.2 Å². The van der Waals surface area contributed by atoms with Crippen molar-refractivity contribution < 1.29 is 37.3 Å². The minimum Gasteiger partial charge on any atom is -0.442 e. The van der Waals surface area contributed by atoms with Gasteiger partial charge in [-0.2, -0.15) is 0 Å². The molecule has 14 heteroatoms. The standard InChI is InChI=1S/C22H26F2N6O6/c1-13-7-15(27-36-13)10-26-21(32)30-4-3-28(5-6-34-30)20-18(23)8-16(9-19(20)24)29-12-17(35-22(29)33)11-25-14(2)31/h7-9,17H,3-6,10-12H2,1-2H3,(H,25,31)(H,26,32)/t17-/m0/s1. The molecule has 2 N–H and O–H groups in total. The molecule has 0 saturated carbocycles. The monoisotopic (exact) mass is 508 g/mol. The maximum absolute atomic E-state index is 15.1. The molecule has 4 rings (SSSR count). The number of hydrogen-bond donors (Lipinski definition) is 2. The zero-order valence-electron chi connectivity index (χ0n) is 19.8. The van der Waals surface area contributed by atoms with Crippen LogP contribution in [0.5, 0.6) is 0 Å². The highest BCUT2D eigenvalue weighted by atomic mass is 19.1. The largest absolute Gasteiger partial charge is 0.442 e. The van der Waals surface area contributed by atoms with Crippen molar-refractivity contribution in [3.05, 3.63) is 41.3 Å². The van der Waals surface area contributed by atoms with Crippen LogP contribution in [0.25, 0.3) is 0 Å². The van der Waals surface area contributed by atoms with Crippen LogP contribution in [0.4, 0.5) is 29.7 Å². The van der Waals surface area contributed by atoms with E-state index in [2.05, 4.69) is 15.8 Å². The Morgan fingerprint density at radius 2 is 1.89 bits per heavy atom. The van der Waals surface area contributed by atoms with E-state index in [9.17, 15) is 14.4 Å². The van der Waals surface area contributed by atoms with Crippen LogP contribution < -0.4 is 20.4 Å². The summed E-state index contributed by atoms with van der Waals surface area (Å²) in [5, 5.41) is 10.1. The molecule has 2 saturated heterocycles. The molecule has 0 unspecified atom stereocenters. The molecule has 194 valence electrons. The number of aryl methyl sites for hydroxylation is 1. The zero-order chi connectivity index (χ0) is 25.8.